The second-order valence-electron chi connectivity index (χ2n) is 4.00. The van der Waals surface area contributed by atoms with Crippen LogP contribution in [0.4, 0.5) is 5.69 Å². The number of hydrogen-bond acceptors (Lipinski definition) is 6. The highest BCUT2D eigenvalue weighted by Crippen LogP contribution is 2.28. The van der Waals surface area contributed by atoms with E-state index in [1.807, 2.05) is 18.2 Å². The van der Waals surface area contributed by atoms with E-state index in [2.05, 4.69) is 5.32 Å². The van der Waals surface area contributed by atoms with E-state index in [1.165, 1.54) is 6.26 Å². The van der Waals surface area contributed by atoms with Crippen molar-refractivity contribution in [1.82, 2.24) is 0 Å². The van der Waals surface area contributed by atoms with Crippen LogP contribution in [0, 0.1) is 0 Å². The van der Waals surface area contributed by atoms with Gasteiger partial charge in [-0.15, -0.1) is 0 Å². The molecule has 0 radical (unpaired) electrons. The van der Waals surface area contributed by atoms with E-state index in [-0.39, 0.29) is 5.75 Å². The Hall–Kier alpha value is -1.47. The average Bonchev–Trinajstić information content (AvgIpc) is 2.44. The van der Waals surface area contributed by atoms with Crippen molar-refractivity contribution in [2.24, 2.45) is 5.73 Å². The quantitative estimate of drug-likeness (QED) is 0.818. The van der Waals surface area contributed by atoms with Crippen LogP contribution >= 0.6 is 0 Å². The standard InChI is InChI=1S/C10H16N2O2.C3H8O2S/c1-13-8-3-4-9(12-6-5-11)10(7-8)14-2;1-3-6(2,4)5/h3-4,7,12H,5-6,11H2,1-2H3;3H2,1-2H3. The lowest BCUT2D eigenvalue weighted by atomic mass is 10.2. The number of anilines is 1. The lowest BCUT2D eigenvalue weighted by Crippen LogP contribution is -2.13. The molecule has 0 saturated carbocycles. The van der Waals surface area contributed by atoms with E-state index < -0.39 is 9.84 Å². The number of rotatable bonds is 6. The van der Waals surface area contributed by atoms with E-state index >= 15 is 0 Å². The number of benzene rings is 1. The van der Waals surface area contributed by atoms with Crippen LogP contribution in [0.5, 0.6) is 11.5 Å². The van der Waals surface area contributed by atoms with Gasteiger partial charge in [0.25, 0.3) is 0 Å². The molecule has 20 heavy (non-hydrogen) atoms. The van der Waals surface area contributed by atoms with Gasteiger partial charge in [0.1, 0.15) is 21.3 Å². The molecular weight excluding hydrogens is 280 g/mol. The molecule has 0 fully saturated rings. The Labute approximate surface area is 121 Å². The number of hydrogen-bond donors (Lipinski definition) is 2. The van der Waals surface area contributed by atoms with Gasteiger partial charge in [0.05, 0.1) is 19.9 Å². The Morgan fingerprint density at radius 3 is 2.25 bits per heavy atom. The van der Waals surface area contributed by atoms with Gasteiger partial charge in [-0.1, -0.05) is 6.92 Å². The zero-order valence-electron chi connectivity index (χ0n) is 12.5. The second-order valence-corrected chi connectivity index (χ2v) is 6.42. The molecule has 1 rings (SSSR count). The highest BCUT2D eigenvalue weighted by Gasteiger charge is 2.03. The minimum absolute atomic E-state index is 0.243. The predicted octanol–water partition coefficient (Wildman–Crippen LogP) is 1.13. The van der Waals surface area contributed by atoms with Gasteiger partial charge in [0.15, 0.2) is 0 Å². The lowest BCUT2D eigenvalue weighted by Gasteiger charge is -2.11. The molecule has 6 nitrogen and oxygen atoms in total. The molecule has 0 aliphatic heterocycles. The molecule has 0 saturated heterocycles. The summed E-state index contributed by atoms with van der Waals surface area (Å²) in [4.78, 5) is 0. The van der Waals surface area contributed by atoms with Crippen molar-refractivity contribution in [1.29, 1.82) is 0 Å². The molecule has 0 unspecified atom stereocenters. The largest absolute Gasteiger partial charge is 0.497 e. The first kappa shape index (κ1) is 18.5. The van der Waals surface area contributed by atoms with Gasteiger partial charge in [-0.05, 0) is 12.1 Å². The van der Waals surface area contributed by atoms with Gasteiger partial charge in [0.2, 0.25) is 0 Å². The highest BCUT2D eigenvalue weighted by atomic mass is 32.2. The zero-order valence-corrected chi connectivity index (χ0v) is 13.3. The molecule has 116 valence electrons. The summed E-state index contributed by atoms with van der Waals surface area (Å²) in [5.41, 5.74) is 6.33. The smallest absolute Gasteiger partial charge is 0.147 e. The molecule has 0 bridgehead atoms. The summed E-state index contributed by atoms with van der Waals surface area (Å²) in [7, 11) is 0.592. The van der Waals surface area contributed by atoms with Crippen LogP contribution in [0.15, 0.2) is 18.2 Å². The van der Waals surface area contributed by atoms with Crippen molar-refractivity contribution >= 4 is 15.5 Å². The summed E-state index contributed by atoms with van der Waals surface area (Å²) >= 11 is 0. The molecule has 0 heterocycles. The maximum atomic E-state index is 10.0. The number of ether oxygens (including phenoxy) is 2. The van der Waals surface area contributed by atoms with Crippen molar-refractivity contribution < 1.29 is 17.9 Å². The number of nitrogens with one attached hydrogen (secondary N) is 1. The normalized spacial score (nSPS) is 10.2. The minimum atomic E-state index is -2.66. The summed E-state index contributed by atoms with van der Waals surface area (Å²) in [6.07, 6.45) is 1.22. The van der Waals surface area contributed by atoms with E-state index in [4.69, 9.17) is 15.2 Å². The van der Waals surface area contributed by atoms with Crippen LogP contribution < -0.4 is 20.5 Å². The first-order chi connectivity index (χ1) is 9.37. The fraction of sp³-hybridized carbons (Fsp3) is 0.538. The Kier molecular flexibility index (Phi) is 8.74. The molecule has 7 heteroatoms. The predicted molar refractivity (Wildman–Crippen MR) is 82.5 cm³/mol. The molecular formula is C13H24N2O4S. The molecule has 3 N–H and O–H groups in total. The molecule has 1 aromatic rings. The Morgan fingerprint density at radius 2 is 1.85 bits per heavy atom. The van der Waals surface area contributed by atoms with Crippen molar-refractivity contribution in [3.8, 4) is 11.5 Å². The van der Waals surface area contributed by atoms with Crippen LogP contribution in [0.1, 0.15) is 6.92 Å². The van der Waals surface area contributed by atoms with Gasteiger partial charge < -0.3 is 20.5 Å². The second kappa shape index (κ2) is 9.44. The van der Waals surface area contributed by atoms with Gasteiger partial charge in [-0.25, -0.2) is 8.42 Å². The first-order valence-electron chi connectivity index (χ1n) is 6.21. The molecule has 0 aliphatic carbocycles. The van der Waals surface area contributed by atoms with Crippen LogP contribution in [0.2, 0.25) is 0 Å². The Bertz CT molecular complexity index is 489. The molecule has 0 aliphatic rings. The zero-order chi connectivity index (χ0) is 15.6. The van der Waals surface area contributed by atoms with Crippen LogP contribution in [0.25, 0.3) is 0 Å². The first-order valence-corrected chi connectivity index (χ1v) is 8.27. The summed E-state index contributed by atoms with van der Waals surface area (Å²) in [6, 6.07) is 5.62. The lowest BCUT2D eigenvalue weighted by molar-refractivity contribution is 0.395. The van der Waals surface area contributed by atoms with Crippen molar-refractivity contribution in [3.63, 3.8) is 0 Å². The van der Waals surface area contributed by atoms with Gasteiger partial charge in [-0.3, -0.25) is 0 Å². The highest BCUT2D eigenvalue weighted by molar-refractivity contribution is 7.90. The molecule has 1 aromatic carbocycles. The summed E-state index contributed by atoms with van der Waals surface area (Å²) in [6.45, 7) is 2.94. The monoisotopic (exact) mass is 304 g/mol. The van der Waals surface area contributed by atoms with Gasteiger partial charge >= 0.3 is 0 Å². The maximum Gasteiger partial charge on any atom is 0.147 e. The molecule has 0 atom stereocenters. The Balaban J connectivity index is 0.000000511. The molecule has 0 amide bonds. The Morgan fingerprint density at radius 1 is 1.25 bits per heavy atom. The number of sulfone groups is 1. The maximum absolute atomic E-state index is 10.0. The van der Waals surface area contributed by atoms with E-state index in [9.17, 15) is 8.42 Å². The third-order valence-corrected chi connectivity index (χ3v) is 3.44. The fourth-order valence-electron chi connectivity index (χ4n) is 1.15. The third kappa shape index (κ3) is 7.85. The van der Waals surface area contributed by atoms with Crippen molar-refractivity contribution in [2.75, 3.05) is 44.6 Å². The van der Waals surface area contributed by atoms with E-state index in [0.29, 0.717) is 6.54 Å². The summed E-state index contributed by atoms with van der Waals surface area (Å²) in [5, 5.41) is 3.16. The third-order valence-electron chi connectivity index (χ3n) is 2.39. The van der Waals surface area contributed by atoms with Gasteiger partial charge in [0, 0.05) is 31.2 Å². The average molecular weight is 304 g/mol. The molecule has 0 aromatic heterocycles. The minimum Gasteiger partial charge on any atom is -0.497 e. The van der Waals surface area contributed by atoms with E-state index in [0.717, 1.165) is 23.7 Å². The topological polar surface area (TPSA) is 90.7 Å². The summed E-state index contributed by atoms with van der Waals surface area (Å²) < 4.78 is 30.3. The van der Waals surface area contributed by atoms with Crippen LogP contribution in [-0.2, 0) is 9.84 Å². The molecule has 0 spiro atoms. The van der Waals surface area contributed by atoms with Crippen LogP contribution in [-0.4, -0.2) is 47.7 Å². The number of methoxy groups -OCH3 is 2. The van der Waals surface area contributed by atoms with Crippen LogP contribution in [0.3, 0.4) is 0 Å². The van der Waals surface area contributed by atoms with E-state index in [1.54, 1.807) is 21.1 Å². The number of nitrogens with two attached hydrogens (primary N) is 1. The van der Waals surface area contributed by atoms with Gasteiger partial charge in [-0.2, -0.15) is 0 Å². The summed E-state index contributed by atoms with van der Waals surface area (Å²) in [5.74, 6) is 1.78. The van der Waals surface area contributed by atoms with Crippen molar-refractivity contribution in [2.45, 2.75) is 6.92 Å². The van der Waals surface area contributed by atoms with Crippen molar-refractivity contribution in [3.05, 3.63) is 18.2 Å². The SMILES string of the molecule is CCS(C)(=O)=O.COc1ccc(NCCN)c(OC)c1. The fourth-order valence-corrected chi connectivity index (χ4v) is 1.15.